The molecule has 16 heavy (non-hydrogen) atoms. The van der Waals surface area contributed by atoms with Crippen molar-refractivity contribution < 1.29 is 15.0 Å². The first-order valence-corrected chi connectivity index (χ1v) is 4.96. The van der Waals surface area contributed by atoms with E-state index in [1.807, 2.05) is 0 Å². The van der Waals surface area contributed by atoms with Crippen LogP contribution in [0.5, 0.6) is 0 Å². The third-order valence-corrected chi connectivity index (χ3v) is 2.18. The third-order valence-electron chi connectivity index (χ3n) is 2.18. The molecule has 0 spiro atoms. The standard InChI is InChI=1S/C11H16N2O3/c1-7(14)13-6-10(15)11(16)8-3-2-4-9(12)5-8/h2-5,10-11,15-16H,6,12H2,1H3,(H,13,14). The molecule has 0 radical (unpaired) electrons. The summed E-state index contributed by atoms with van der Waals surface area (Å²) in [7, 11) is 0. The van der Waals surface area contributed by atoms with Gasteiger partial charge in [-0.15, -0.1) is 0 Å². The van der Waals surface area contributed by atoms with Crippen LogP contribution in [-0.4, -0.2) is 28.8 Å². The van der Waals surface area contributed by atoms with Crippen molar-refractivity contribution in [1.82, 2.24) is 5.32 Å². The van der Waals surface area contributed by atoms with Crippen LogP contribution >= 0.6 is 0 Å². The molecule has 1 amide bonds. The Morgan fingerprint density at radius 1 is 1.50 bits per heavy atom. The Morgan fingerprint density at radius 2 is 2.19 bits per heavy atom. The van der Waals surface area contributed by atoms with Crippen LogP contribution in [0.4, 0.5) is 5.69 Å². The molecule has 88 valence electrons. The monoisotopic (exact) mass is 224 g/mol. The van der Waals surface area contributed by atoms with Gasteiger partial charge in [-0.3, -0.25) is 4.79 Å². The highest BCUT2D eigenvalue weighted by Crippen LogP contribution is 2.18. The van der Waals surface area contributed by atoms with Gasteiger partial charge in [0, 0.05) is 19.2 Å². The van der Waals surface area contributed by atoms with Crippen LogP contribution in [0.15, 0.2) is 24.3 Å². The van der Waals surface area contributed by atoms with Crippen LogP contribution in [0.25, 0.3) is 0 Å². The van der Waals surface area contributed by atoms with E-state index in [2.05, 4.69) is 5.32 Å². The normalized spacial score (nSPS) is 14.2. The molecule has 0 aliphatic rings. The van der Waals surface area contributed by atoms with E-state index in [-0.39, 0.29) is 12.5 Å². The molecule has 0 bridgehead atoms. The Bertz CT molecular complexity index is 368. The van der Waals surface area contributed by atoms with Crippen LogP contribution in [0, 0.1) is 0 Å². The largest absolute Gasteiger partial charge is 0.399 e. The van der Waals surface area contributed by atoms with Gasteiger partial charge in [0.05, 0.1) is 0 Å². The number of carbonyl (C=O) groups excluding carboxylic acids is 1. The molecular weight excluding hydrogens is 208 g/mol. The minimum Gasteiger partial charge on any atom is -0.399 e. The molecule has 0 fully saturated rings. The van der Waals surface area contributed by atoms with Crippen molar-refractivity contribution in [3.8, 4) is 0 Å². The molecule has 2 unspecified atom stereocenters. The highest BCUT2D eigenvalue weighted by Gasteiger charge is 2.18. The number of carbonyl (C=O) groups is 1. The van der Waals surface area contributed by atoms with Crippen molar-refractivity contribution in [2.45, 2.75) is 19.1 Å². The number of hydrogen-bond donors (Lipinski definition) is 4. The summed E-state index contributed by atoms with van der Waals surface area (Å²) in [6, 6.07) is 6.63. The lowest BCUT2D eigenvalue weighted by atomic mass is 10.0. The molecule has 0 aliphatic heterocycles. The zero-order valence-electron chi connectivity index (χ0n) is 9.05. The van der Waals surface area contributed by atoms with E-state index in [4.69, 9.17) is 5.73 Å². The topological polar surface area (TPSA) is 95.6 Å². The number of aliphatic hydroxyl groups excluding tert-OH is 2. The lowest BCUT2D eigenvalue weighted by Crippen LogP contribution is -2.34. The molecule has 5 N–H and O–H groups in total. The highest BCUT2D eigenvalue weighted by atomic mass is 16.3. The molecule has 1 aromatic carbocycles. The molecular formula is C11H16N2O3. The van der Waals surface area contributed by atoms with E-state index < -0.39 is 12.2 Å². The van der Waals surface area contributed by atoms with Gasteiger partial charge in [0.1, 0.15) is 12.2 Å². The molecule has 0 saturated heterocycles. The number of nitrogens with one attached hydrogen (secondary N) is 1. The number of nitrogens with two attached hydrogens (primary N) is 1. The molecule has 2 atom stereocenters. The maximum absolute atomic E-state index is 10.6. The smallest absolute Gasteiger partial charge is 0.216 e. The maximum Gasteiger partial charge on any atom is 0.216 e. The van der Waals surface area contributed by atoms with Crippen LogP contribution in [0.3, 0.4) is 0 Å². The number of hydrogen-bond acceptors (Lipinski definition) is 4. The average Bonchev–Trinajstić information content (AvgIpc) is 2.24. The summed E-state index contributed by atoms with van der Waals surface area (Å²) >= 11 is 0. The summed E-state index contributed by atoms with van der Waals surface area (Å²) in [5.74, 6) is -0.251. The first-order valence-electron chi connectivity index (χ1n) is 4.96. The second-order valence-electron chi connectivity index (χ2n) is 3.62. The maximum atomic E-state index is 10.6. The van der Waals surface area contributed by atoms with Crippen LogP contribution < -0.4 is 11.1 Å². The number of benzene rings is 1. The lowest BCUT2D eigenvalue weighted by molar-refractivity contribution is -0.119. The molecule has 0 heterocycles. The van der Waals surface area contributed by atoms with Gasteiger partial charge >= 0.3 is 0 Å². The van der Waals surface area contributed by atoms with Crippen LogP contribution in [0.1, 0.15) is 18.6 Å². The second-order valence-corrected chi connectivity index (χ2v) is 3.62. The number of aliphatic hydroxyl groups is 2. The van der Waals surface area contributed by atoms with Gasteiger partial charge in [0.2, 0.25) is 5.91 Å². The number of nitrogen functional groups attached to an aromatic ring is 1. The van der Waals surface area contributed by atoms with Gasteiger partial charge in [-0.05, 0) is 17.7 Å². The second kappa shape index (κ2) is 5.48. The minimum atomic E-state index is -1.06. The zero-order valence-corrected chi connectivity index (χ0v) is 9.05. The Balaban J connectivity index is 2.62. The average molecular weight is 224 g/mol. The summed E-state index contributed by atoms with van der Waals surface area (Å²) < 4.78 is 0. The van der Waals surface area contributed by atoms with E-state index in [9.17, 15) is 15.0 Å². The van der Waals surface area contributed by atoms with Crippen molar-refractivity contribution in [2.75, 3.05) is 12.3 Å². The SMILES string of the molecule is CC(=O)NCC(O)C(O)c1cccc(N)c1. The highest BCUT2D eigenvalue weighted by molar-refractivity contribution is 5.72. The third kappa shape index (κ3) is 3.52. The summed E-state index contributed by atoms with van der Waals surface area (Å²) in [5.41, 5.74) is 6.60. The number of anilines is 1. The fourth-order valence-electron chi connectivity index (χ4n) is 1.33. The zero-order chi connectivity index (χ0) is 12.1. The molecule has 5 heteroatoms. The summed E-state index contributed by atoms with van der Waals surface area (Å²) in [6.07, 6.45) is -2.11. The number of amides is 1. The Morgan fingerprint density at radius 3 is 2.75 bits per heavy atom. The van der Waals surface area contributed by atoms with Gasteiger partial charge in [-0.2, -0.15) is 0 Å². The fourth-order valence-corrected chi connectivity index (χ4v) is 1.33. The van der Waals surface area contributed by atoms with Crippen molar-refractivity contribution in [3.05, 3.63) is 29.8 Å². The molecule has 0 saturated carbocycles. The van der Waals surface area contributed by atoms with Gasteiger partial charge in [-0.25, -0.2) is 0 Å². The Labute approximate surface area is 93.9 Å². The van der Waals surface area contributed by atoms with E-state index in [0.29, 0.717) is 11.3 Å². The van der Waals surface area contributed by atoms with E-state index in [1.54, 1.807) is 24.3 Å². The first kappa shape index (κ1) is 12.5. The quantitative estimate of drug-likeness (QED) is 0.532. The van der Waals surface area contributed by atoms with Crippen molar-refractivity contribution in [1.29, 1.82) is 0 Å². The molecule has 0 aliphatic carbocycles. The molecule has 1 rings (SSSR count). The van der Waals surface area contributed by atoms with Crippen molar-refractivity contribution >= 4 is 11.6 Å². The number of rotatable bonds is 4. The van der Waals surface area contributed by atoms with E-state index in [1.165, 1.54) is 6.92 Å². The van der Waals surface area contributed by atoms with Gasteiger partial charge in [0.15, 0.2) is 0 Å². The van der Waals surface area contributed by atoms with Crippen LogP contribution in [0.2, 0.25) is 0 Å². The molecule has 0 aromatic heterocycles. The van der Waals surface area contributed by atoms with Gasteiger partial charge < -0.3 is 21.3 Å². The summed E-state index contributed by atoms with van der Waals surface area (Å²) in [6.45, 7) is 1.35. The molecule has 5 nitrogen and oxygen atoms in total. The van der Waals surface area contributed by atoms with Crippen molar-refractivity contribution in [2.24, 2.45) is 0 Å². The predicted molar refractivity (Wildman–Crippen MR) is 60.5 cm³/mol. The van der Waals surface area contributed by atoms with Gasteiger partial charge in [-0.1, -0.05) is 12.1 Å². The lowest BCUT2D eigenvalue weighted by Gasteiger charge is -2.18. The molecule has 1 aromatic rings. The van der Waals surface area contributed by atoms with E-state index in [0.717, 1.165) is 0 Å². The van der Waals surface area contributed by atoms with E-state index >= 15 is 0 Å². The summed E-state index contributed by atoms with van der Waals surface area (Å²) in [4.78, 5) is 10.6. The van der Waals surface area contributed by atoms with Crippen molar-refractivity contribution in [3.63, 3.8) is 0 Å². The summed E-state index contributed by atoms with van der Waals surface area (Å²) in [5, 5.41) is 21.8. The first-order chi connectivity index (χ1) is 7.50. The Kier molecular flexibility index (Phi) is 4.28. The minimum absolute atomic E-state index is 0.00526. The predicted octanol–water partition coefficient (Wildman–Crippen LogP) is -0.201. The van der Waals surface area contributed by atoms with Crippen LogP contribution in [-0.2, 0) is 4.79 Å². The fraction of sp³-hybridized carbons (Fsp3) is 0.364. The van der Waals surface area contributed by atoms with Gasteiger partial charge in [0.25, 0.3) is 0 Å². The Hall–Kier alpha value is -1.59.